The zero-order chi connectivity index (χ0) is 17.8. The summed E-state index contributed by atoms with van der Waals surface area (Å²) in [5.74, 6) is 0.679. The lowest BCUT2D eigenvalue weighted by molar-refractivity contribution is 0.369. The van der Waals surface area contributed by atoms with Gasteiger partial charge in [-0.25, -0.2) is 4.79 Å². The lowest BCUT2D eigenvalue weighted by Crippen LogP contribution is -1.99. The molecule has 0 amide bonds. The van der Waals surface area contributed by atoms with Gasteiger partial charge in [0.05, 0.1) is 17.0 Å². The Bertz CT molecular complexity index is 998. The summed E-state index contributed by atoms with van der Waals surface area (Å²) in [5.41, 5.74) is 3.34. The first-order chi connectivity index (χ1) is 12.0. The Morgan fingerprint density at radius 1 is 1.08 bits per heavy atom. The maximum absolute atomic E-state index is 11.5. The number of hydrogen-bond donors (Lipinski definition) is 0. The van der Waals surface area contributed by atoms with Crippen LogP contribution in [0.1, 0.15) is 33.6 Å². The Balaban J connectivity index is 1.83. The minimum Gasteiger partial charge on any atom is -0.488 e. The van der Waals surface area contributed by atoms with Crippen LogP contribution in [0.2, 0.25) is 0 Å². The van der Waals surface area contributed by atoms with E-state index in [4.69, 9.17) is 13.6 Å². The van der Waals surface area contributed by atoms with Crippen LogP contribution in [0.4, 0.5) is 0 Å². The van der Waals surface area contributed by atoms with Crippen LogP contribution in [0.3, 0.4) is 0 Å². The summed E-state index contributed by atoms with van der Waals surface area (Å²) in [6.45, 7) is 6.78. The molecule has 0 saturated carbocycles. The molecule has 3 aromatic rings. The van der Waals surface area contributed by atoms with Crippen molar-refractivity contribution in [1.29, 1.82) is 0 Å². The van der Waals surface area contributed by atoms with Crippen LogP contribution < -0.4 is 10.4 Å². The third-order valence-electron chi connectivity index (χ3n) is 4.06. The van der Waals surface area contributed by atoms with E-state index in [1.54, 1.807) is 18.4 Å². The molecular weight excluding hydrogens is 316 g/mol. The third kappa shape index (κ3) is 4.02. The van der Waals surface area contributed by atoms with Gasteiger partial charge in [0.25, 0.3) is 0 Å². The summed E-state index contributed by atoms with van der Waals surface area (Å²) in [5, 5.41) is 1.64. The summed E-state index contributed by atoms with van der Waals surface area (Å²) < 4.78 is 16.7. The van der Waals surface area contributed by atoms with E-state index in [-0.39, 0.29) is 5.63 Å². The van der Waals surface area contributed by atoms with E-state index in [1.807, 2.05) is 6.07 Å². The van der Waals surface area contributed by atoms with Crippen LogP contribution in [0, 0.1) is 0 Å². The predicted molar refractivity (Wildman–Crippen MR) is 100 cm³/mol. The molecule has 2 heterocycles. The molecule has 0 N–H and O–H groups in total. The molecule has 0 aliphatic heterocycles. The van der Waals surface area contributed by atoms with Gasteiger partial charge in [-0.15, -0.1) is 0 Å². The quantitative estimate of drug-likeness (QED) is 0.433. The Labute approximate surface area is 146 Å². The van der Waals surface area contributed by atoms with E-state index in [1.165, 1.54) is 17.2 Å². The van der Waals surface area contributed by atoms with Gasteiger partial charge in [-0.05, 0) is 51.8 Å². The summed E-state index contributed by atoms with van der Waals surface area (Å²) in [6, 6.07) is 6.72. The van der Waals surface area contributed by atoms with Crippen molar-refractivity contribution in [3.63, 3.8) is 0 Å². The van der Waals surface area contributed by atoms with Crippen LogP contribution in [-0.2, 0) is 0 Å². The molecule has 2 aromatic heterocycles. The van der Waals surface area contributed by atoms with Crippen molar-refractivity contribution in [2.75, 3.05) is 6.61 Å². The summed E-state index contributed by atoms with van der Waals surface area (Å²) >= 11 is 0. The molecule has 0 spiro atoms. The number of allylic oxidation sites excluding steroid dienone is 3. The standard InChI is InChI=1S/C21H22O4/c1-14(2)5-4-6-15(3)9-11-24-21-16-7-8-20(22)25-19(16)13-18-17(21)10-12-23-18/h5,7-10,12-13H,4,6,11H2,1-3H3/b15-9-. The predicted octanol–water partition coefficient (Wildman–Crippen LogP) is 5.61. The largest absolute Gasteiger partial charge is 0.488 e. The Kier molecular flexibility index (Phi) is 5.08. The Morgan fingerprint density at radius 2 is 1.88 bits per heavy atom. The topological polar surface area (TPSA) is 52.6 Å². The highest BCUT2D eigenvalue weighted by molar-refractivity contribution is 6.01. The molecular formula is C21H22O4. The smallest absolute Gasteiger partial charge is 0.336 e. The molecule has 0 unspecified atom stereocenters. The molecule has 0 fully saturated rings. The minimum atomic E-state index is -0.389. The molecule has 25 heavy (non-hydrogen) atoms. The van der Waals surface area contributed by atoms with E-state index in [0.717, 1.165) is 23.6 Å². The van der Waals surface area contributed by atoms with Gasteiger partial charge in [-0.1, -0.05) is 17.2 Å². The average Bonchev–Trinajstić information content (AvgIpc) is 3.01. The molecule has 3 rings (SSSR count). The molecule has 0 saturated heterocycles. The number of furan rings is 1. The first-order valence-electron chi connectivity index (χ1n) is 8.40. The second-order valence-corrected chi connectivity index (χ2v) is 6.39. The van der Waals surface area contributed by atoms with Gasteiger partial charge in [0.2, 0.25) is 0 Å². The molecule has 0 aliphatic rings. The number of hydrogen-bond acceptors (Lipinski definition) is 4. The maximum Gasteiger partial charge on any atom is 0.336 e. The second-order valence-electron chi connectivity index (χ2n) is 6.39. The molecule has 4 nitrogen and oxygen atoms in total. The van der Waals surface area contributed by atoms with Crippen molar-refractivity contribution in [3.05, 3.63) is 64.2 Å². The zero-order valence-electron chi connectivity index (χ0n) is 14.8. The Morgan fingerprint density at radius 3 is 2.68 bits per heavy atom. The molecule has 130 valence electrons. The SMILES string of the molecule is CC(C)=CCC/C(C)=C\COc1c2ccoc2cc2oc(=O)ccc12. The van der Waals surface area contributed by atoms with Crippen LogP contribution >= 0.6 is 0 Å². The van der Waals surface area contributed by atoms with Crippen molar-refractivity contribution < 1.29 is 13.6 Å². The van der Waals surface area contributed by atoms with Crippen molar-refractivity contribution in [3.8, 4) is 5.75 Å². The molecule has 0 radical (unpaired) electrons. The van der Waals surface area contributed by atoms with Gasteiger partial charge in [0, 0.05) is 12.1 Å². The molecule has 0 bridgehead atoms. The fourth-order valence-corrected chi connectivity index (χ4v) is 2.72. The van der Waals surface area contributed by atoms with Gasteiger partial charge in [0.1, 0.15) is 23.5 Å². The van der Waals surface area contributed by atoms with Crippen LogP contribution in [0.15, 0.2) is 67.5 Å². The lowest BCUT2D eigenvalue weighted by Gasteiger charge is -2.09. The van der Waals surface area contributed by atoms with Crippen molar-refractivity contribution in [2.24, 2.45) is 0 Å². The monoisotopic (exact) mass is 338 g/mol. The van der Waals surface area contributed by atoms with Crippen molar-refractivity contribution in [1.82, 2.24) is 0 Å². The molecule has 0 aliphatic carbocycles. The third-order valence-corrected chi connectivity index (χ3v) is 4.06. The number of benzene rings is 1. The first kappa shape index (κ1) is 17.1. The maximum atomic E-state index is 11.5. The molecule has 0 atom stereocenters. The average molecular weight is 338 g/mol. The van der Waals surface area contributed by atoms with Gasteiger partial charge in [-0.2, -0.15) is 0 Å². The van der Waals surface area contributed by atoms with Crippen molar-refractivity contribution >= 4 is 21.9 Å². The van der Waals surface area contributed by atoms with Gasteiger partial charge in [0.15, 0.2) is 0 Å². The van der Waals surface area contributed by atoms with Crippen LogP contribution in [0.25, 0.3) is 21.9 Å². The number of rotatable bonds is 6. The van der Waals surface area contributed by atoms with Gasteiger partial charge in [-0.3, -0.25) is 0 Å². The number of fused-ring (bicyclic) bond motifs is 2. The summed E-state index contributed by atoms with van der Waals surface area (Å²) in [4.78, 5) is 11.5. The minimum absolute atomic E-state index is 0.389. The highest BCUT2D eigenvalue weighted by Crippen LogP contribution is 2.35. The van der Waals surface area contributed by atoms with Gasteiger partial charge >= 0.3 is 5.63 Å². The fourth-order valence-electron chi connectivity index (χ4n) is 2.72. The lowest BCUT2D eigenvalue weighted by atomic mass is 10.1. The highest BCUT2D eigenvalue weighted by atomic mass is 16.5. The number of ether oxygens (including phenoxy) is 1. The normalized spacial score (nSPS) is 11.9. The molecule has 4 heteroatoms. The summed E-state index contributed by atoms with van der Waals surface area (Å²) in [6.07, 6.45) is 7.98. The first-order valence-corrected chi connectivity index (χ1v) is 8.40. The van der Waals surface area contributed by atoms with E-state index in [2.05, 4.69) is 32.9 Å². The fraction of sp³-hybridized carbons (Fsp3) is 0.286. The zero-order valence-corrected chi connectivity index (χ0v) is 14.8. The van der Waals surface area contributed by atoms with Crippen LogP contribution in [-0.4, -0.2) is 6.61 Å². The Hall–Kier alpha value is -2.75. The van der Waals surface area contributed by atoms with E-state index in [0.29, 0.717) is 23.5 Å². The second kappa shape index (κ2) is 7.43. The molecule has 1 aromatic carbocycles. The van der Waals surface area contributed by atoms with Gasteiger partial charge < -0.3 is 13.6 Å². The summed E-state index contributed by atoms with van der Waals surface area (Å²) in [7, 11) is 0. The van der Waals surface area contributed by atoms with E-state index >= 15 is 0 Å². The van der Waals surface area contributed by atoms with Crippen LogP contribution in [0.5, 0.6) is 5.75 Å². The van der Waals surface area contributed by atoms with Crippen molar-refractivity contribution in [2.45, 2.75) is 33.6 Å². The van der Waals surface area contributed by atoms with E-state index < -0.39 is 0 Å². The highest BCUT2D eigenvalue weighted by Gasteiger charge is 2.12. The van der Waals surface area contributed by atoms with E-state index in [9.17, 15) is 4.79 Å².